The van der Waals surface area contributed by atoms with Gasteiger partial charge >= 0.3 is 0 Å². The van der Waals surface area contributed by atoms with Crippen LogP contribution in [0.2, 0.25) is 0 Å². The van der Waals surface area contributed by atoms with Crippen molar-refractivity contribution in [2.45, 2.75) is 139 Å². The van der Waals surface area contributed by atoms with Crippen LogP contribution >= 0.6 is 21.6 Å². The Balaban J connectivity index is 1.77. The third-order valence-corrected chi connectivity index (χ3v) is 14.8. The van der Waals surface area contributed by atoms with Crippen LogP contribution in [0, 0.1) is 5.92 Å². The Labute approximate surface area is 394 Å². The molecule has 1 aliphatic heterocycles. The fourth-order valence-corrected chi connectivity index (χ4v) is 11.3. The molecule has 1 saturated carbocycles. The average Bonchev–Trinajstić information content (AvgIpc) is 3.27. The second-order valence-electron chi connectivity index (χ2n) is 17.2. The highest BCUT2D eigenvalue weighted by Crippen LogP contribution is 2.48. The van der Waals surface area contributed by atoms with Gasteiger partial charge in [-0.2, -0.15) is 0 Å². The molecule has 2 aliphatic rings. The van der Waals surface area contributed by atoms with Crippen LogP contribution in [0.15, 0.2) is 54.6 Å². The van der Waals surface area contributed by atoms with E-state index >= 15 is 0 Å². The number of primary amides is 2. The van der Waals surface area contributed by atoms with E-state index in [1.165, 1.54) is 21.6 Å². The molecule has 18 nitrogen and oxygen atoms in total. The molecule has 12 N–H and O–H groups in total. The molecular formula is C46H67N9O9S2. The van der Waals surface area contributed by atoms with Crippen molar-refractivity contribution >= 4 is 68.8 Å². The van der Waals surface area contributed by atoms with E-state index in [4.69, 9.17) is 21.9 Å². The first-order chi connectivity index (χ1) is 31.5. The van der Waals surface area contributed by atoms with E-state index in [1.54, 1.807) is 62.4 Å². The van der Waals surface area contributed by atoms with E-state index in [2.05, 4.69) is 31.9 Å². The fraction of sp³-hybridized carbons (Fsp3) is 0.565. The highest BCUT2D eigenvalue weighted by molar-refractivity contribution is 8.77. The lowest BCUT2D eigenvalue weighted by Crippen LogP contribution is -2.61. The molecule has 2 fully saturated rings. The number of ether oxygens (including phenoxy) is 1. The second kappa shape index (κ2) is 26.7. The molecule has 8 amide bonds. The molecule has 1 heterocycles. The van der Waals surface area contributed by atoms with Gasteiger partial charge in [-0.1, -0.05) is 97.2 Å². The minimum Gasteiger partial charge on any atom is -0.494 e. The van der Waals surface area contributed by atoms with Crippen molar-refractivity contribution in [2.75, 3.05) is 18.9 Å². The van der Waals surface area contributed by atoms with Crippen molar-refractivity contribution in [1.82, 2.24) is 31.9 Å². The molecule has 0 bridgehead atoms. The van der Waals surface area contributed by atoms with E-state index < -0.39 is 101 Å². The number of benzene rings is 2. The van der Waals surface area contributed by atoms with Crippen LogP contribution in [0.5, 0.6) is 5.75 Å². The summed E-state index contributed by atoms with van der Waals surface area (Å²) in [6.07, 6.45) is 4.61. The summed E-state index contributed by atoms with van der Waals surface area (Å²) in [6, 6.07) is 8.49. The smallest absolute Gasteiger partial charge is 0.244 e. The van der Waals surface area contributed by atoms with E-state index in [9.17, 15) is 38.4 Å². The molecule has 2 aromatic rings. The number of carbonyl (C=O) groups excluding carboxylic acids is 8. The van der Waals surface area contributed by atoms with E-state index in [-0.39, 0.29) is 31.4 Å². The fourth-order valence-electron chi connectivity index (χ4n) is 7.88. The molecule has 1 aliphatic carbocycles. The summed E-state index contributed by atoms with van der Waals surface area (Å²) in [6.45, 7) is 6.02. The zero-order valence-electron chi connectivity index (χ0n) is 38.1. The zero-order valence-corrected chi connectivity index (χ0v) is 39.7. The van der Waals surface area contributed by atoms with Gasteiger partial charge in [0.25, 0.3) is 0 Å². The van der Waals surface area contributed by atoms with Crippen molar-refractivity contribution in [1.29, 1.82) is 0 Å². The number of amides is 8. The first-order valence-corrected chi connectivity index (χ1v) is 25.0. The van der Waals surface area contributed by atoms with E-state index in [0.717, 1.165) is 24.8 Å². The lowest BCUT2D eigenvalue weighted by molar-refractivity contribution is -0.136. The van der Waals surface area contributed by atoms with Gasteiger partial charge in [-0.25, -0.2) is 0 Å². The molecule has 1 saturated heterocycles. The maximum atomic E-state index is 14.5. The maximum Gasteiger partial charge on any atom is 0.244 e. The molecule has 4 rings (SSSR count). The normalized spacial score (nSPS) is 23.0. The number of carbonyl (C=O) groups is 8. The first-order valence-electron chi connectivity index (χ1n) is 22.7. The van der Waals surface area contributed by atoms with Gasteiger partial charge in [-0.15, -0.1) is 0 Å². The van der Waals surface area contributed by atoms with Gasteiger partial charge in [-0.05, 0) is 74.8 Å². The average molecular weight is 954 g/mol. The molecule has 20 heteroatoms. The second-order valence-corrected chi connectivity index (χ2v) is 20.0. The minimum atomic E-state index is -1.58. The highest BCUT2D eigenvalue weighted by Gasteiger charge is 2.39. The largest absolute Gasteiger partial charge is 0.494 e. The molecule has 2 aromatic carbocycles. The number of hydrogen-bond acceptors (Lipinski definition) is 12. The lowest BCUT2D eigenvalue weighted by atomic mass is 9.85. The summed E-state index contributed by atoms with van der Waals surface area (Å²) in [5.74, 6) is -5.96. The van der Waals surface area contributed by atoms with Gasteiger partial charge in [0.15, 0.2) is 0 Å². The molecule has 6 atom stereocenters. The van der Waals surface area contributed by atoms with Gasteiger partial charge in [0.2, 0.25) is 47.3 Å². The van der Waals surface area contributed by atoms with Crippen molar-refractivity contribution in [3.05, 3.63) is 65.7 Å². The third-order valence-electron chi connectivity index (χ3n) is 11.5. The molecule has 0 unspecified atom stereocenters. The topological polar surface area (TPSA) is 296 Å². The molecule has 66 heavy (non-hydrogen) atoms. The van der Waals surface area contributed by atoms with Crippen LogP contribution in [0.4, 0.5) is 0 Å². The Kier molecular flexibility index (Phi) is 21.6. The number of nitrogens with one attached hydrogen (secondary N) is 6. The summed E-state index contributed by atoms with van der Waals surface area (Å²) in [4.78, 5) is 110. The number of rotatable bonds is 16. The van der Waals surface area contributed by atoms with Crippen LogP contribution in [0.1, 0.15) is 96.1 Å². The Bertz CT molecular complexity index is 1970. The Morgan fingerprint density at radius 1 is 0.773 bits per heavy atom. The van der Waals surface area contributed by atoms with Gasteiger partial charge in [0, 0.05) is 29.8 Å². The molecule has 0 aromatic heterocycles. The quantitative estimate of drug-likeness (QED) is 0.0853. The third kappa shape index (κ3) is 17.1. The summed E-state index contributed by atoms with van der Waals surface area (Å²) in [5, 5.41) is 16.4. The van der Waals surface area contributed by atoms with Gasteiger partial charge in [0.1, 0.15) is 42.0 Å². The van der Waals surface area contributed by atoms with Gasteiger partial charge < -0.3 is 53.8 Å². The first kappa shape index (κ1) is 53.3. The van der Waals surface area contributed by atoms with Crippen molar-refractivity contribution in [3.63, 3.8) is 0 Å². The Hall–Kier alpha value is -5.34. The summed E-state index contributed by atoms with van der Waals surface area (Å²) >= 11 is 0. The summed E-state index contributed by atoms with van der Waals surface area (Å²) < 4.78 is 4.98. The van der Waals surface area contributed by atoms with Crippen LogP contribution in [-0.2, 0) is 51.2 Å². The summed E-state index contributed by atoms with van der Waals surface area (Å²) in [7, 11) is 2.65. The highest BCUT2D eigenvalue weighted by atomic mass is 33.1. The summed E-state index contributed by atoms with van der Waals surface area (Å²) in [5.41, 5.74) is 18.3. The van der Waals surface area contributed by atoms with Crippen LogP contribution in [0.25, 0.3) is 0 Å². The van der Waals surface area contributed by atoms with Crippen LogP contribution < -0.4 is 53.8 Å². The van der Waals surface area contributed by atoms with E-state index in [0.29, 0.717) is 50.1 Å². The van der Waals surface area contributed by atoms with E-state index in [1.807, 2.05) is 13.0 Å². The Morgan fingerprint density at radius 2 is 1.38 bits per heavy atom. The SMILES string of the molecule is CCOc1ccc(C[C@H]2NC(=O)CC3(CCCCC3)SSC[C@@H](C(=O)N[C@@H](CCCCN)C(N)=O)NC(=O)[C@H](CC(N)=O)NC(=O)[C@H](C(C)C)NC(=O)[C@H](Cc3ccccc3)NC2=O)cc1. The van der Waals surface area contributed by atoms with Gasteiger partial charge in [-0.3, -0.25) is 38.4 Å². The van der Waals surface area contributed by atoms with Gasteiger partial charge in [0.05, 0.1) is 13.0 Å². The molecular weight excluding hydrogens is 887 g/mol. The Morgan fingerprint density at radius 3 is 1.98 bits per heavy atom. The van der Waals surface area contributed by atoms with Crippen molar-refractivity contribution < 1.29 is 43.1 Å². The lowest BCUT2D eigenvalue weighted by Gasteiger charge is -2.36. The minimum absolute atomic E-state index is 0.0164. The number of hydrogen-bond donors (Lipinski definition) is 9. The standard InChI is InChI=1S/C46H67N9O9S2/c1-4-64-31-18-16-30(17-19-31)24-33-41(59)52-34(23-29-13-7-5-8-14-29)43(61)55-39(28(2)3)45(63)53-35(25-37(48)56)42(60)54-36(44(62)51-32(40(49)58)15-9-12-22-47)27-65-66-46(26-38(57)50-33)20-10-6-11-21-46/h5,7-8,13-14,16-19,28,32-36,39H,4,6,9-12,15,20-27,47H2,1-3H3,(H2,48,56)(H2,49,58)(H,50,57)(H,51,62)(H,52,59)(H,53,63)(H,54,60)(H,55,61)/t32-,33+,34-,35-,36-,39-/m0/s1. The molecule has 1 spiro atoms. The van der Waals surface area contributed by atoms with Crippen molar-refractivity contribution in [2.24, 2.45) is 23.1 Å². The maximum absolute atomic E-state index is 14.5. The van der Waals surface area contributed by atoms with Crippen LogP contribution in [-0.4, -0.2) is 107 Å². The molecule has 362 valence electrons. The predicted octanol–water partition coefficient (Wildman–Crippen LogP) is 1.41. The molecule has 0 radical (unpaired) electrons. The monoisotopic (exact) mass is 953 g/mol. The number of unbranched alkanes of at least 4 members (excludes halogenated alkanes) is 1. The van der Waals surface area contributed by atoms with Crippen molar-refractivity contribution in [3.8, 4) is 5.75 Å². The van der Waals surface area contributed by atoms with Crippen LogP contribution in [0.3, 0.4) is 0 Å². The number of nitrogens with two attached hydrogens (primary N) is 3. The predicted molar refractivity (Wildman–Crippen MR) is 254 cm³/mol. The zero-order chi connectivity index (χ0) is 48.2.